The number of fused-ring (bicyclic) bond motifs is 1. The first-order chi connectivity index (χ1) is 15.6. The number of carbonyl (C=O) groups excluding carboxylic acids is 1. The van der Waals surface area contributed by atoms with Gasteiger partial charge in [-0.1, -0.05) is 12.1 Å². The van der Waals surface area contributed by atoms with Crippen molar-refractivity contribution in [1.29, 1.82) is 0 Å². The van der Waals surface area contributed by atoms with Crippen LogP contribution in [0.2, 0.25) is 0 Å². The Labute approximate surface area is 188 Å². The minimum atomic E-state index is -0.272. The monoisotopic (exact) mass is 438 g/mol. The maximum atomic E-state index is 13.3. The maximum Gasteiger partial charge on any atom is 0.228 e. The van der Waals surface area contributed by atoms with Gasteiger partial charge in [0.25, 0.3) is 0 Å². The van der Waals surface area contributed by atoms with E-state index in [1.54, 1.807) is 17.0 Å². The standard InChI is InChI=1S/C25H31FN4O2/c1-17-22-8-9-23(31)30(15-18-4-6-20(26)7-5-18)25(22)28-24(27-17)19-3-2-12-29(16-19)21-10-13-32-14-11-21/h4-7,19,21H,2-3,8-16H2,1H3/t19-/m1/s1. The highest BCUT2D eigenvalue weighted by molar-refractivity contribution is 5.95. The molecule has 2 aromatic rings. The Morgan fingerprint density at radius 3 is 2.66 bits per heavy atom. The smallest absolute Gasteiger partial charge is 0.228 e. The van der Waals surface area contributed by atoms with Crippen molar-refractivity contribution in [2.75, 3.05) is 31.2 Å². The van der Waals surface area contributed by atoms with Crippen LogP contribution in [-0.2, 0) is 22.5 Å². The Hall–Kier alpha value is -2.38. The number of piperidine rings is 1. The Balaban J connectivity index is 1.41. The SMILES string of the molecule is Cc1nc([C@@H]2CCCN(C3CCOCC3)C2)nc2c1CCC(=O)N2Cc1ccc(F)cc1. The number of hydrogen-bond acceptors (Lipinski definition) is 5. The molecule has 1 aromatic carbocycles. The third-order valence-corrected chi connectivity index (χ3v) is 7.13. The van der Waals surface area contributed by atoms with Crippen LogP contribution in [0.4, 0.5) is 10.2 Å². The van der Waals surface area contributed by atoms with Gasteiger partial charge in [0.2, 0.25) is 5.91 Å². The van der Waals surface area contributed by atoms with Crippen LogP contribution >= 0.6 is 0 Å². The predicted octanol–water partition coefficient (Wildman–Crippen LogP) is 3.76. The van der Waals surface area contributed by atoms with Gasteiger partial charge in [-0.25, -0.2) is 14.4 Å². The van der Waals surface area contributed by atoms with Gasteiger partial charge < -0.3 is 4.74 Å². The zero-order valence-electron chi connectivity index (χ0n) is 18.7. The van der Waals surface area contributed by atoms with E-state index in [2.05, 4.69) is 4.90 Å². The number of ether oxygens (including phenoxy) is 1. The summed E-state index contributed by atoms with van der Waals surface area (Å²) in [6, 6.07) is 6.93. The number of carbonyl (C=O) groups is 1. The lowest BCUT2D eigenvalue weighted by molar-refractivity contribution is -0.119. The van der Waals surface area contributed by atoms with Crippen molar-refractivity contribution >= 4 is 11.7 Å². The molecule has 2 saturated heterocycles. The number of aryl methyl sites for hydroxylation is 1. The van der Waals surface area contributed by atoms with E-state index in [9.17, 15) is 9.18 Å². The number of benzene rings is 1. The Morgan fingerprint density at radius 2 is 1.88 bits per heavy atom. The molecular weight excluding hydrogens is 407 g/mol. The number of hydrogen-bond donors (Lipinski definition) is 0. The lowest BCUT2D eigenvalue weighted by Crippen LogP contribution is -2.45. The summed E-state index contributed by atoms with van der Waals surface area (Å²) in [5.74, 6) is 1.68. The second-order valence-electron chi connectivity index (χ2n) is 9.25. The summed E-state index contributed by atoms with van der Waals surface area (Å²) in [6.45, 7) is 6.23. The topological polar surface area (TPSA) is 58.6 Å². The summed E-state index contributed by atoms with van der Waals surface area (Å²) in [7, 11) is 0. The molecule has 4 heterocycles. The molecule has 0 unspecified atom stereocenters. The average molecular weight is 439 g/mol. The highest BCUT2D eigenvalue weighted by Gasteiger charge is 2.32. The van der Waals surface area contributed by atoms with Crippen LogP contribution in [0.25, 0.3) is 0 Å². The zero-order valence-corrected chi connectivity index (χ0v) is 18.7. The van der Waals surface area contributed by atoms with Gasteiger partial charge in [-0.2, -0.15) is 0 Å². The third-order valence-electron chi connectivity index (χ3n) is 7.13. The molecule has 1 amide bonds. The summed E-state index contributed by atoms with van der Waals surface area (Å²) in [5.41, 5.74) is 2.94. The van der Waals surface area contributed by atoms with Crippen molar-refractivity contribution in [2.45, 2.75) is 64.0 Å². The van der Waals surface area contributed by atoms with Crippen molar-refractivity contribution in [3.63, 3.8) is 0 Å². The minimum Gasteiger partial charge on any atom is -0.381 e. The molecule has 0 radical (unpaired) electrons. The number of rotatable bonds is 4. The van der Waals surface area contributed by atoms with Crippen molar-refractivity contribution in [3.8, 4) is 0 Å². The van der Waals surface area contributed by atoms with Crippen molar-refractivity contribution in [2.24, 2.45) is 0 Å². The Kier molecular flexibility index (Phi) is 6.20. The van der Waals surface area contributed by atoms with Crippen molar-refractivity contribution < 1.29 is 13.9 Å². The molecule has 0 saturated carbocycles. The van der Waals surface area contributed by atoms with Gasteiger partial charge in [-0.05, 0) is 63.3 Å². The van der Waals surface area contributed by atoms with Gasteiger partial charge in [0, 0.05) is 49.4 Å². The molecule has 1 aromatic heterocycles. The lowest BCUT2D eigenvalue weighted by atomic mass is 9.93. The zero-order chi connectivity index (χ0) is 22.1. The van der Waals surface area contributed by atoms with Crippen molar-refractivity contribution in [3.05, 3.63) is 52.7 Å². The largest absolute Gasteiger partial charge is 0.381 e. The number of nitrogens with zero attached hydrogens (tertiary/aromatic N) is 4. The van der Waals surface area contributed by atoms with E-state index in [1.807, 2.05) is 6.92 Å². The Bertz CT molecular complexity index is 975. The summed E-state index contributed by atoms with van der Waals surface area (Å²) < 4.78 is 18.9. The second kappa shape index (κ2) is 9.24. The molecule has 0 spiro atoms. The second-order valence-corrected chi connectivity index (χ2v) is 9.25. The normalized spacial score (nSPS) is 22.8. The fourth-order valence-corrected chi connectivity index (χ4v) is 5.32. The van der Waals surface area contributed by atoms with E-state index in [-0.39, 0.29) is 17.6 Å². The van der Waals surface area contributed by atoms with E-state index in [0.29, 0.717) is 25.4 Å². The first-order valence-electron chi connectivity index (χ1n) is 11.8. The summed E-state index contributed by atoms with van der Waals surface area (Å²) in [6.07, 6.45) is 5.54. The molecule has 0 aliphatic carbocycles. The molecule has 32 heavy (non-hydrogen) atoms. The molecule has 3 aliphatic heterocycles. The van der Waals surface area contributed by atoms with Crippen LogP contribution in [0.5, 0.6) is 0 Å². The van der Waals surface area contributed by atoms with Gasteiger partial charge in [0.1, 0.15) is 17.5 Å². The fourth-order valence-electron chi connectivity index (χ4n) is 5.32. The van der Waals surface area contributed by atoms with E-state index >= 15 is 0 Å². The summed E-state index contributed by atoms with van der Waals surface area (Å²) >= 11 is 0. The third kappa shape index (κ3) is 4.41. The van der Waals surface area contributed by atoms with Crippen LogP contribution in [0, 0.1) is 12.7 Å². The molecule has 170 valence electrons. The molecule has 0 bridgehead atoms. The van der Waals surface area contributed by atoms with Gasteiger partial charge in [0.15, 0.2) is 0 Å². The van der Waals surface area contributed by atoms with Crippen LogP contribution in [-0.4, -0.2) is 53.1 Å². The highest BCUT2D eigenvalue weighted by atomic mass is 19.1. The van der Waals surface area contributed by atoms with Gasteiger partial charge >= 0.3 is 0 Å². The average Bonchev–Trinajstić information content (AvgIpc) is 2.83. The van der Waals surface area contributed by atoms with Crippen LogP contribution in [0.15, 0.2) is 24.3 Å². The maximum absolute atomic E-state index is 13.3. The first kappa shape index (κ1) is 21.5. The van der Waals surface area contributed by atoms with E-state index in [0.717, 1.165) is 80.4 Å². The predicted molar refractivity (Wildman–Crippen MR) is 120 cm³/mol. The summed E-state index contributed by atoms with van der Waals surface area (Å²) in [5, 5.41) is 0. The highest BCUT2D eigenvalue weighted by Crippen LogP contribution is 2.34. The minimum absolute atomic E-state index is 0.0679. The number of amides is 1. The molecular formula is C25H31FN4O2. The molecule has 3 aliphatic rings. The van der Waals surface area contributed by atoms with E-state index < -0.39 is 0 Å². The number of aromatic nitrogens is 2. The molecule has 1 atom stereocenters. The molecule has 7 heteroatoms. The van der Waals surface area contributed by atoms with Crippen molar-refractivity contribution in [1.82, 2.24) is 14.9 Å². The first-order valence-corrected chi connectivity index (χ1v) is 11.8. The van der Waals surface area contributed by atoms with E-state index in [4.69, 9.17) is 14.7 Å². The molecule has 0 N–H and O–H groups in total. The number of halogens is 1. The van der Waals surface area contributed by atoms with Crippen LogP contribution in [0.3, 0.4) is 0 Å². The van der Waals surface area contributed by atoms with Crippen LogP contribution in [0.1, 0.15) is 60.7 Å². The molecule has 2 fully saturated rings. The molecule has 6 nitrogen and oxygen atoms in total. The van der Waals surface area contributed by atoms with Gasteiger partial charge in [-0.15, -0.1) is 0 Å². The lowest BCUT2D eigenvalue weighted by Gasteiger charge is -2.39. The summed E-state index contributed by atoms with van der Waals surface area (Å²) in [4.78, 5) is 27.1. The quantitative estimate of drug-likeness (QED) is 0.728. The fraction of sp³-hybridized carbons (Fsp3) is 0.560. The number of likely N-dealkylation sites (tertiary alicyclic amines) is 1. The molecule has 5 rings (SSSR count). The van der Waals surface area contributed by atoms with E-state index in [1.165, 1.54) is 12.1 Å². The van der Waals surface area contributed by atoms with Gasteiger partial charge in [0.05, 0.1) is 6.54 Å². The number of anilines is 1. The van der Waals surface area contributed by atoms with Crippen LogP contribution < -0.4 is 4.90 Å². The Morgan fingerprint density at radius 1 is 1.09 bits per heavy atom. The van der Waals surface area contributed by atoms with Gasteiger partial charge in [-0.3, -0.25) is 14.6 Å².